The number of unbranched alkanes of at least 4 members (excludes halogenated alkanes) is 23. The van der Waals surface area contributed by atoms with Crippen molar-refractivity contribution in [2.75, 3.05) is 6.26 Å². The van der Waals surface area contributed by atoms with Crippen molar-refractivity contribution in [1.29, 1.82) is 0 Å². The van der Waals surface area contributed by atoms with E-state index in [1.807, 2.05) is 0 Å². The van der Waals surface area contributed by atoms with Gasteiger partial charge in [-0.05, 0) is 113 Å². The fourth-order valence-corrected chi connectivity index (χ4v) is 7.22. The van der Waals surface area contributed by atoms with Gasteiger partial charge in [0.1, 0.15) is 6.10 Å². The van der Waals surface area contributed by atoms with E-state index in [1.54, 1.807) is 0 Å². The van der Waals surface area contributed by atoms with Crippen molar-refractivity contribution in [3.05, 3.63) is 0 Å². The minimum Gasteiger partial charge on any atom is -0.254 e. The van der Waals surface area contributed by atoms with E-state index in [-0.39, 0.29) is 0 Å². The second-order valence-corrected chi connectivity index (χ2v) is 16.6. The van der Waals surface area contributed by atoms with Crippen molar-refractivity contribution in [3.8, 4) is 107 Å². The third-order valence-corrected chi connectivity index (χ3v) is 10.3. The summed E-state index contributed by atoms with van der Waals surface area (Å²) in [6.45, 7) is 4.56. The Bertz CT molecular complexity index is 1670. The molecule has 0 spiro atoms. The van der Waals surface area contributed by atoms with Gasteiger partial charge < -0.3 is 0 Å². The fourth-order valence-electron chi connectivity index (χ4n) is 6.66. The van der Waals surface area contributed by atoms with Crippen molar-refractivity contribution >= 4 is 10.1 Å². The van der Waals surface area contributed by atoms with Gasteiger partial charge in [-0.2, -0.15) is 8.42 Å². The molecule has 0 N–H and O–H groups in total. The van der Waals surface area contributed by atoms with Gasteiger partial charge in [0, 0.05) is 0 Å². The Labute approximate surface area is 353 Å². The maximum atomic E-state index is 11.9. The predicted octanol–water partition coefficient (Wildman–Crippen LogP) is 12.4. The summed E-state index contributed by atoms with van der Waals surface area (Å²) in [7, 11) is -3.65. The van der Waals surface area contributed by atoms with Crippen LogP contribution in [0.1, 0.15) is 206 Å². The second-order valence-electron chi connectivity index (χ2n) is 15.0. The minimum absolute atomic E-state index is 0.550. The molecule has 0 fully saturated rings. The topological polar surface area (TPSA) is 43.4 Å². The lowest BCUT2D eigenvalue weighted by Crippen LogP contribution is -2.16. The van der Waals surface area contributed by atoms with Crippen molar-refractivity contribution < 1.29 is 12.6 Å². The standard InChI is InChI=1S/C53H72O3S/c1-5-8-11-14-17-20-23-26-27-28-29-32-35-38-41-44-50-53(56-57(4,54)55)51-46-45-49-52(47-42-39-36-33-30-24-21-18-15-12-9-6-2)48-43-40-37-34-31-25-22-19-16-13-10-7-3/h1,52-53H,6-7,9-10,12-13,15-16,18-19,21-22,24-25,30-31,33-34,36-37,39-40,42-43,45-49,51H2,2-4H3. The molecule has 0 rings (SSSR count). The highest BCUT2D eigenvalue weighted by molar-refractivity contribution is 7.86. The van der Waals surface area contributed by atoms with E-state index in [0.717, 1.165) is 25.0 Å². The first-order valence-electron chi connectivity index (χ1n) is 22.3. The molecular formula is C53H72O3S. The molecule has 0 aliphatic heterocycles. The van der Waals surface area contributed by atoms with Crippen LogP contribution in [0.4, 0.5) is 0 Å². The molecule has 0 saturated carbocycles. The van der Waals surface area contributed by atoms with E-state index in [2.05, 4.69) is 114 Å². The first-order valence-corrected chi connectivity index (χ1v) is 24.1. The molecule has 0 aliphatic rings. The van der Waals surface area contributed by atoms with E-state index < -0.39 is 16.2 Å². The zero-order valence-corrected chi connectivity index (χ0v) is 36.9. The molecule has 0 heterocycles. The van der Waals surface area contributed by atoms with Gasteiger partial charge >= 0.3 is 0 Å². The summed E-state index contributed by atoms with van der Waals surface area (Å²) in [5.74, 6) is 43.9. The Hall–Kier alpha value is -4.05. The Morgan fingerprint density at radius 2 is 0.649 bits per heavy atom. The average molecular weight is 789 g/mol. The maximum absolute atomic E-state index is 11.9. The van der Waals surface area contributed by atoms with E-state index in [4.69, 9.17) is 10.6 Å². The van der Waals surface area contributed by atoms with Gasteiger partial charge in [-0.3, -0.25) is 4.18 Å². The molecule has 308 valence electrons. The van der Waals surface area contributed by atoms with Crippen LogP contribution in [0.3, 0.4) is 0 Å². The highest BCUT2D eigenvalue weighted by Gasteiger charge is 2.14. The molecule has 0 bridgehead atoms. The Morgan fingerprint density at radius 3 is 0.965 bits per heavy atom. The van der Waals surface area contributed by atoms with Crippen LogP contribution in [-0.4, -0.2) is 20.8 Å². The van der Waals surface area contributed by atoms with Crippen LogP contribution in [-0.2, 0) is 14.3 Å². The van der Waals surface area contributed by atoms with Crippen LogP contribution in [0.15, 0.2) is 0 Å². The normalized spacial score (nSPS) is 10.2. The molecule has 0 saturated heterocycles. The predicted molar refractivity (Wildman–Crippen MR) is 244 cm³/mol. The maximum Gasteiger partial charge on any atom is 0.265 e. The van der Waals surface area contributed by atoms with Crippen molar-refractivity contribution in [2.45, 2.75) is 213 Å². The van der Waals surface area contributed by atoms with Gasteiger partial charge in [0.05, 0.1) is 6.26 Å². The molecule has 0 radical (unpaired) electrons. The molecule has 0 aliphatic carbocycles. The second kappa shape index (κ2) is 43.1. The molecule has 0 aromatic rings. The van der Waals surface area contributed by atoms with Gasteiger partial charge in [-0.1, -0.05) is 200 Å². The Morgan fingerprint density at radius 1 is 0.386 bits per heavy atom. The van der Waals surface area contributed by atoms with Crippen LogP contribution < -0.4 is 0 Å². The van der Waals surface area contributed by atoms with Gasteiger partial charge in [0.2, 0.25) is 0 Å². The largest absolute Gasteiger partial charge is 0.265 e. The summed E-state index contributed by atoms with van der Waals surface area (Å²) < 4.78 is 29.2. The highest BCUT2D eigenvalue weighted by Crippen LogP contribution is 2.25. The molecule has 4 heteroatoms. The molecule has 0 amide bonds. The van der Waals surface area contributed by atoms with Gasteiger partial charge in [-0.25, -0.2) is 0 Å². The number of hydrogen-bond donors (Lipinski definition) is 0. The van der Waals surface area contributed by atoms with Crippen LogP contribution >= 0.6 is 0 Å². The first kappa shape index (κ1) is 52.9. The van der Waals surface area contributed by atoms with Crippen LogP contribution in [0.2, 0.25) is 0 Å². The van der Waals surface area contributed by atoms with E-state index in [9.17, 15) is 8.42 Å². The number of hydrogen-bond acceptors (Lipinski definition) is 3. The monoisotopic (exact) mass is 789 g/mol. The minimum atomic E-state index is -3.65. The number of terminal acetylenes is 1. The van der Waals surface area contributed by atoms with Crippen LogP contribution in [0, 0.1) is 113 Å². The number of rotatable bonds is 33. The Balaban J connectivity index is 4.86. The lowest BCUT2D eigenvalue weighted by molar-refractivity contribution is 0.248. The summed E-state index contributed by atoms with van der Waals surface area (Å²) in [5.41, 5.74) is 0. The van der Waals surface area contributed by atoms with Crippen LogP contribution in [0.25, 0.3) is 0 Å². The smallest absolute Gasteiger partial charge is 0.254 e. The molecule has 1 unspecified atom stereocenters. The third-order valence-electron chi connectivity index (χ3n) is 9.73. The van der Waals surface area contributed by atoms with E-state index in [1.165, 1.54) is 173 Å². The average Bonchev–Trinajstić information content (AvgIpc) is 3.19. The lowest BCUT2D eigenvalue weighted by atomic mass is 9.89. The summed E-state index contributed by atoms with van der Waals surface area (Å²) in [4.78, 5) is 0. The van der Waals surface area contributed by atoms with E-state index >= 15 is 0 Å². The van der Waals surface area contributed by atoms with Crippen molar-refractivity contribution in [2.24, 2.45) is 5.92 Å². The van der Waals surface area contributed by atoms with Crippen molar-refractivity contribution in [3.63, 3.8) is 0 Å². The van der Waals surface area contributed by atoms with Crippen molar-refractivity contribution in [1.82, 2.24) is 0 Å². The van der Waals surface area contributed by atoms with Gasteiger partial charge in [0.15, 0.2) is 0 Å². The SMILES string of the molecule is C#CC#CC#CC#CC#CC#CC#CC#CC#CC(CCCCC(CCCCCCCCCCCCCC)CCCCCCCCCCCCCC)OS(C)(=O)=O. The van der Waals surface area contributed by atoms with Crippen LogP contribution in [0.5, 0.6) is 0 Å². The van der Waals surface area contributed by atoms with E-state index in [0.29, 0.717) is 6.42 Å². The summed E-state index contributed by atoms with van der Waals surface area (Å²) >= 11 is 0. The lowest BCUT2D eigenvalue weighted by Gasteiger charge is -2.18. The highest BCUT2D eigenvalue weighted by atomic mass is 32.2. The zero-order valence-electron chi connectivity index (χ0n) is 36.1. The molecule has 57 heavy (non-hydrogen) atoms. The Kier molecular flexibility index (Phi) is 40.0. The molecule has 3 nitrogen and oxygen atoms in total. The molecule has 0 aromatic carbocycles. The summed E-state index contributed by atoms with van der Waals surface area (Å²) in [6, 6.07) is 0. The van der Waals surface area contributed by atoms with Gasteiger partial charge in [0.25, 0.3) is 10.1 Å². The first-order chi connectivity index (χ1) is 27.9. The molecule has 0 aromatic heterocycles. The quantitative estimate of drug-likeness (QED) is 0.0378. The third kappa shape index (κ3) is 44.5. The fraction of sp³-hybridized carbons (Fsp3) is 0.660. The molecule has 1 atom stereocenters. The summed E-state index contributed by atoms with van der Waals surface area (Å²) in [5, 5.41) is 0. The summed E-state index contributed by atoms with van der Waals surface area (Å²) in [6.07, 6.45) is 44.6. The zero-order chi connectivity index (χ0) is 41.6. The molecular weight excluding hydrogens is 717 g/mol. The van der Waals surface area contributed by atoms with Gasteiger partial charge in [-0.15, -0.1) is 6.42 Å².